The van der Waals surface area contributed by atoms with Crippen molar-refractivity contribution < 1.29 is 0 Å². The molecule has 1 fully saturated rings. The number of halogens is 2. The molecule has 2 aromatic heterocycles. The number of fused-ring (bicyclic) bond motifs is 1. The number of nitrogens with zero attached hydrogens (tertiary/aromatic N) is 3. The lowest BCUT2D eigenvalue weighted by Gasteiger charge is -2.25. The average Bonchev–Trinajstić information content (AvgIpc) is 3.06. The zero-order chi connectivity index (χ0) is 19.7. The Morgan fingerprint density at radius 1 is 1.21 bits per heavy atom. The third kappa shape index (κ3) is 3.82. The van der Waals surface area contributed by atoms with Crippen LogP contribution in [-0.4, -0.2) is 21.5 Å². The quantitative estimate of drug-likeness (QED) is 0.422. The Morgan fingerprint density at radius 2 is 1.93 bits per heavy atom. The number of nitrogens with two attached hydrogens (primary N) is 1. The molecule has 0 radical (unpaired) electrons. The van der Waals surface area contributed by atoms with Crippen LogP contribution in [-0.2, 0) is 0 Å². The van der Waals surface area contributed by atoms with Crippen molar-refractivity contribution in [1.82, 2.24) is 9.61 Å². The fraction of sp³-hybridized carbons (Fsp3) is 0.333. The van der Waals surface area contributed by atoms with E-state index in [1.54, 1.807) is 24.4 Å². The summed E-state index contributed by atoms with van der Waals surface area (Å²) in [7, 11) is 0. The number of aromatic nitrogens is 2. The van der Waals surface area contributed by atoms with E-state index < -0.39 is 0 Å². The number of benzene rings is 1. The van der Waals surface area contributed by atoms with Crippen molar-refractivity contribution in [3.63, 3.8) is 0 Å². The lowest BCUT2D eigenvalue weighted by atomic mass is 9.95. The molecule has 1 aliphatic rings. The number of hydrogen-bond acceptors (Lipinski definition) is 3. The molecule has 3 N–H and O–H groups in total. The molecule has 0 atom stereocenters. The van der Waals surface area contributed by atoms with Gasteiger partial charge in [-0.1, -0.05) is 48.5 Å². The molecule has 4 rings (SSSR count). The number of nitrogens with one attached hydrogen (secondary N) is 1. The van der Waals surface area contributed by atoms with Gasteiger partial charge in [-0.3, -0.25) is 0 Å². The summed E-state index contributed by atoms with van der Waals surface area (Å²) in [4.78, 5) is 4.54. The predicted octanol–water partition coefficient (Wildman–Crippen LogP) is 5.73. The van der Waals surface area contributed by atoms with Crippen molar-refractivity contribution in [3.8, 4) is 0 Å². The fourth-order valence-corrected chi connectivity index (χ4v) is 4.24. The first-order chi connectivity index (χ1) is 13.5. The Hall–Kier alpha value is -2.24. The second-order valence-corrected chi connectivity index (χ2v) is 8.14. The summed E-state index contributed by atoms with van der Waals surface area (Å²) >= 11 is 12.5. The fourth-order valence-electron chi connectivity index (χ4n) is 3.76. The van der Waals surface area contributed by atoms with Gasteiger partial charge < -0.3 is 11.1 Å². The molecule has 3 aromatic rings. The van der Waals surface area contributed by atoms with Crippen LogP contribution in [0.3, 0.4) is 0 Å². The molecule has 28 heavy (non-hydrogen) atoms. The zero-order valence-corrected chi connectivity index (χ0v) is 17.3. The number of anilines is 1. The van der Waals surface area contributed by atoms with Crippen molar-refractivity contribution in [3.05, 3.63) is 57.8 Å². The normalized spacial score (nSPS) is 15.9. The number of rotatable bonds is 4. The van der Waals surface area contributed by atoms with Crippen molar-refractivity contribution in [2.75, 3.05) is 5.32 Å². The standard InChI is InChI=1S/C21H23Cl2N5/c1-13-10-18-19(26-14-6-3-2-4-7-14)15(11-25-28(18)12-13)21(24)27-20-16(22)8-5-9-17(20)23/h5,8-12,14,26H,2-4,6-7H2,1H3,(H2,24,27). The SMILES string of the molecule is Cc1cc2c(NC3CCCCC3)c(C(N)=Nc3c(Cl)cccc3Cl)cnn2c1. The highest BCUT2D eigenvalue weighted by molar-refractivity contribution is 6.39. The Bertz CT molecular complexity index is 1010. The first kappa shape index (κ1) is 19.1. The van der Waals surface area contributed by atoms with E-state index in [0.717, 1.165) is 35.2 Å². The summed E-state index contributed by atoms with van der Waals surface area (Å²) in [6, 6.07) is 7.81. The van der Waals surface area contributed by atoms with Gasteiger partial charge in [0.1, 0.15) is 11.5 Å². The number of aryl methyl sites for hydroxylation is 1. The molecule has 0 amide bonds. The van der Waals surface area contributed by atoms with Crippen molar-refractivity contribution in [1.29, 1.82) is 0 Å². The molecule has 146 valence electrons. The van der Waals surface area contributed by atoms with Gasteiger partial charge in [-0.25, -0.2) is 9.51 Å². The van der Waals surface area contributed by atoms with Crippen LogP contribution >= 0.6 is 23.2 Å². The van der Waals surface area contributed by atoms with Gasteiger partial charge in [0, 0.05) is 12.2 Å². The van der Waals surface area contributed by atoms with E-state index in [9.17, 15) is 0 Å². The van der Waals surface area contributed by atoms with E-state index >= 15 is 0 Å². The molecule has 1 aliphatic carbocycles. The predicted molar refractivity (Wildman–Crippen MR) is 117 cm³/mol. The van der Waals surface area contributed by atoms with Crippen LogP contribution in [0.1, 0.15) is 43.2 Å². The molecule has 7 heteroatoms. The van der Waals surface area contributed by atoms with Gasteiger partial charge in [0.15, 0.2) is 0 Å². The molecule has 2 heterocycles. The summed E-state index contributed by atoms with van der Waals surface area (Å²) in [5.74, 6) is 0.335. The second-order valence-electron chi connectivity index (χ2n) is 7.33. The van der Waals surface area contributed by atoms with Gasteiger partial charge in [-0.2, -0.15) is 5.10 Å². The molecule has 0 spiro atoms. The molecule has 0 saturated heterocycles. The molecule has 0 aliphatic heterocycles. The van der Waals surface area contributed by atoms with Crippen LogP contribution in [0.4, 0.5) is 11.4 Å². The summed E-state index contributed by atoms with van der Waals surface area (Å²) in [5.41, 5.74) is 10.7. The Labute approximate surface area is 174 Å². The molecular formula is C21H23Cl2N5. The van der Waals surface area contributed by atoms with Crippen molar-refractivity contribution in [2.45, 2.75) is 45.1 Å². The highest BCUT2D eigenvalue weighted by Crippen LogP contribution is 2.34. The molecule has 5 nitrogen and oxygen atoms in total. The van der Waals surface area contributed by atoms with Crippen LogP contribution in [0.25, 0.3) is 5.52 Å². The monoisotopic (exact) mass is 415 g/mol. The molecular weight excluding hydrogens is 393 g/mol. The third-order valence-corrected chi connectivity index (χ3v) is 5.78. The zero-order valence-electron chi connectivity index (χ0n) is 15.8. The number of hydrogen-bond donors (Lipinski definition) is 2. The van der Waals surface area contributed by atoms with Gasteiger partial charge in [-0.05, 0) is 43.5 Å². The Morgan fingerprint density at radius 3 is 2.64 bits per heavy atom. The van der Waals surface area contributed by atoms with Gasteiger partial charge in [0.05, 0.1) is 33.0 Å². The molecule has 0 bridgehead atoms. The highest BCUT2D eigenvalue weighted by Gasteiger charge is 2.19. The van der Waals surface area contributed by atoms with Crippen molar-refractivity contribution in [2.24, 2.45) is 10.7 Å². The average molecular weight is 416 g/mol. The highest BCUT2D eigenvalue weighted by atomic mass is 35.5. The second kappa shape index (κ2) is 8.02. The number of amidine groups is 1. The molecule has 1 saturated carbocycles. The summed E-state index contributed by atoms with van der Waals surface area (Å²) in [5, 5.41) is 9.15. The van der Waals surface area contributed by atoms with E-state index in [1.807, 2.05) is 10.7 Å². The van der Waals surface area contributed by atoms with E-state index in [4.69, 9.17) is 28.9 Å². The Balaban J connectivity index is 1.81. The molecule has 1 aromatic carbocycles. The van der Waals surface area contributed by atoms with Crippen LogP contribution in [0.5, 0.6) is 0 Å². The first-order valence-corrected chi connectivity index (χ1v) is 10.3. The van der Waals surface area contributed by atoms with E-state index in [0.29, 0.717) is 27.6 Å². The maximum Gasteiger partial charge on any atom is 0.135 e. The van der Waals surface area contributed by atoms with Crippen LogP contribution < -0.4 is 11.1 Å². The number of aliphatic imine (C=N–C) groups is 1. The van der Waals surface area contributed by atoms with Gasteiger partial charge in [0.25, 0.3) is 0 Å². The van der Waals surface area contributed by atoms with Gasteiger partial charge in [0.2, 0.25) is 0 Å². The molecule has 0 unspecified atom stereocenters. The lowest BCUT2D eigenvalue weighted by molar-refractivity contribution is 0.463. The van der Waals surface area contributed by atoms with Crippen LogP contribution in [0.15, 0.2) is 41.7 Å². The largest absolute Gasteiger partial charge is 0.383 e. The number of para-hydroxylation sites is 1. The summed E-state index contributed by atoms with van der Waals surface area (Å²) < 4.78 is 1.87. The third-order valence-electron chi connectivity index (χ3n) is 5.17. The van der Waals surface area contributed by atoms with E-state index in [1.165, 1.54) is 19.3 Å². The van der Waals surface area contributed by atoms with Crippen molar-refractivity contribution >= 4 is 45.9 Å². The van der Waals surface area contributed by atoms with Crippen LogP contribution in [0.2, 0.25) is 10.0 Å². The topological polar surface area (TPSA) is 67.7 Å². The van der Waals surface area contributed by atoms with E-state index in [2.05, 4.69) is 28.4 Å². The maximum absolute atomic E-state index is 6.41. The van der Waals surface area contributed by atoms with E-state index in [-0.39, 0.29) is 0 Å². The Kier molecular flexibility index (Phi) is 5.47. The minimum atomic E-state index is 0.335. The minimum absolute atomic E-state index is 0.335. The first-order valence-electron chi connectivity index (χ1n) is 9.56. The summed E-state index contributed by atoms with van der Waals surface area (Å²) in [6.45, 7) is 2.06. The minimum Gasteiger partial charge on any atom is -0.383 e. The lowest BCUT2D eigenvalue weighted by Crippen LogP contribution is -2.25. The summed E-state index contributed by atoms with van der Waals surface area (Å²) in [6.07, 6.45) is 9.85. The van der Waals surface area contributed by atoms with Gasteiger partial charge in [-0.15, -0.1) is 0 Å². The maximum atomic E-state index is 6.41. The van der Waals surface area contributed by atoms with Gasteiger partial charge >= 0.3 is 0 Å². The van der Waals surface area contributed by atoms with Crippen LogP contribution in [0, 0.1) is 6.92 Å². The smallest absolute Gasteiger partial charge is 0.135 e.